The first kappa shape index (κ1) is 11.0. The minimum atomic E-state index is -0.0244. The van der Waals surface area contributed by atoms with E-state index in [1.165, 1.54) is 12.0 Å². The third kappa shape index (κ3) is 2.25. The lowest BCUT2D eigenvalue weighted by Crippen LogP contribution is -2.22. The van der Waals surface area contributed by atoms with E-state index in [1.54, 1.807) is 6.07 Å². The van der Waals surface area contributed by atoms with Crippen LogP contribution in [0.15, 0.2) is 23.1 Å². The van der Waals surface area contributed by atoms with Gasteiger partial charge in [-0.2, -0.15) is 0 Å². The lowest BCUT2D eigenvalue weighted by Gasteiger charge is -2.28. The molecule has 1 atom stereocenters. The fraction of sp³-hybridized carbons (Fsp3) is 0.583. The minimum absolute atomic E-state index is 0.0244. The second-order valence-corrected chi connectivity index (χ2v) is 4.11. The highest BCUT2D eigenvalue weighted by atomic mass is 16.1. The lowest BCUT2D eigenvalue weighted by molar-refractivity contribution is 0.412. The topological polar surface area (TPSA) is 32.9 Å². The highest BCUT2D eigenvalue weighted by Gasteiger charge is 2.23. The third-order valence-corrected chi connectivity index (χ3v) is 3.06. The van der Waals surface area contributed by atoms with Gasteiger partial charge < -0.3 is 4.98 Å². The normalized spacial score (nSPS) is 15.1. The average molecular weight is 193 g/mol. The lowest BCUT2D eigenvalue weighted by atomic mass is 9.77. The van der Waals surface area contributed by atoms with Crippen LogP contribution in [0.4, 0.5) is 0 Å². The Kier molecular flexibility index (Phi) is 3.50. The van der Waals surface area contributed by atoms with Gasteiger partial charge in [0.15, 0.2) is 0 Å². The van der Waals surface area contributed by atoms with Crippen LogP contribution in [0.25, 0.3) is 0 Å². The van der Waals surface area contributed by atoms with Gasteiger partial charge in [-0.1, -0.05) is 33.3 Å². The zero-order valence-corrected chi connectivity index (χ0v) is 9.26. The van der Waals surface area contributed by atoms with Crippen molar-refractivity contribution < 1.29 is 0 Å². The number of pyridine rings is 1. The van der Waals surface area contributed by atoms with Gasteiger partial charge in [0.2, 0.25) is 5.56 Å². The molecule has 1 N–H and O–H groups in total. The van der Waals surface area contributed by atoms with Crippen LogP contribution in [-0.2, 0) is 5.41 Å². The summed E-state index contributed by atoms with van der Waals surface area (Å²) in [5.41, 5.74) is 1.42. The smallest absolute Gasteiger partial charge is 0.247 e. The van der Waals surface area contributed by atoms with Crippen molar-refractivity contribution >= 4 is 0 Å². The molecule has 0 aliphatic rings. The Morgan fingerprint density at radius 1 is 1.36 bits per heavy atom. The number of H-pyrrole nitrogens is 1. The van der Waals surface area contributed by atoms with Gasteiger partial charge in [0, 0.05) is 12.3 Å². The number of hydrogen-bond donors (Lipinski definition) is 1. The predicted octanol–water partition coefficient (Wildman–Crippen LogP) is 2.84. The summed E-state index contributed by atoms with van der Waals surface area (Å²) in [4.78, 5) is 13.7. The highest BCUT2D eigenvalue weighted by molar-refractivity contribution is 5.20. The van der Waals surface area contributed by atoms with Crippen molar-refractivity contribution in [3.63, 3.8) is 0 Å². The Morgan fingerprint density at radius 2 is 2.07 bits per heavy atom. The van der Waals surface area contributed by atoms with E-state index in [9.17, 15) is 4.79 Å². The number of hydrogen-bond acceptors (Lipinski definition) is 1. The van der Waals surface area contributed by atoms with Crippen LogP contribution >= 0.6 is 0 Å². The van der Waals surface area contributed by atoms with Crippen LogP contribution in [0.3, 0.4) is 0 Å². The summed E-state index contributed by atoms with van der Waals surface area (Å²) < 4.78 is 0. The molecule has 2 nitrogen and oxygen atoms in total. The molecule has 0 aliphatic heterocycles. The second kappa shape index (κ2) is 4.45. The van der Waals surface area contributed by atoms with Crippen molar-refractivity contribution in [2.75, 3.05) is 0 Å². The minimum Gasteiger partial charge on any atom is -0.329 e. The average Bonchev–Trinajstić information content (AvgIpc) is 2.19. The molecule has 0 saturated carbocycles. The van der Waals surface area contributed by atoms with E-state index in [1.807, 2.05) is 12.3 Å². The number of aromatic nitrogens is 1. The van der Waals surface area contributed by atoms with Crippen LogP contribution in [-0.4, -0.2) is 4.98 Å². The molecule has 0 fully saturated rings. The molecule has 14 heavy (non-hydrogen) atoms. The summed E-state index contributed by atoms with van der Waals surface area (Å²) in [7, 11) is 0. The molecular weight excluding hydrogens is 174 g/mol. The SMILES string of the molecule is CCCC(C)(CC)c1ccc(=O)[nH]c1. The Labute approximate surface area is 85.4 Å². The molecule has 0 radical (unpaired) electrons. The monoisotopic (exact) mass is 193 g/mol. The Balaban J connectivity index is 2.99. The van der Waals surface area contributed by atoms with Crippen molar-refractivity contribution in [2.24, 2.45) is 0 Å². The summed E-state index contributed by atoms with van der Waals surface area (Å²) in [5.74, 6) is 0. The predicted molar refractivity (Wildman–Crippen MR) is 59.6 cm³/mol. The number of rotatable bonds is 4. The fourth-order valence-corrected chi connectivity index (χ4v) is 1.86. The van der Waals surface area contributed by atoms with E-state index in [0.29, 0.717) is 0 Å². The highest BCUT2D eigenvalue weighted by Crippen LogP contribution is 2.31. The molecule has 0 amide bonds. The molecule has 78 valence electrons. The molecule has 1 aromatic heterocycles. The van der Waals surface area contributed by atoms with Gasteiger partial charge in [0.25, 0.3) is 0 Å². The van der Waals surface area contributed by atoms with Gasteiger partial charge in [-0.25, -0.2) is 0 Å². The summed E-state index contributed by atoms with van der Waals surface area (Å²) >= 11 is 0. The maximum Gasteiger partial charge on any atom is 0.247 e. The first-order chi connectivity index (χ1) is 6.62. The van der Waals surface area contributed by atoms with E-state index < -0.39 is 0 Å². The van der Waals surface area contributed by atoms with Crippen LogP contribution in [0.1, 0.15) is 45.6 Å². The molecule has 1 rings (SSSR count). The van der Waals surface area contributed by atoms with Crippen molar-refractivity contribution in [3.05, 3.63) is 34.2 Å². The van der Waals surface area contributed by atoms with E-state index in [0.717, 1.165) is 12.8 Å². The molecule has 2 heteroatoms. The third-order valence-electron chi connectivity index (χ3n) is 3.06. The van der Waals surface area contributed by atoms with Gasteiger partial charge in [-0.3, -0.25) is 4.79 Å². The summed E-state index contributed by atoms with van der Waals surface area (Å²) in [6.07, 6.45) is 5.29. The molecule has 0 spiro atoms. The molecule has 1 heterocycles. The fourth-order valence-electron chi connectivity index (χ4n) is 1.86. The first-order valence-electron chi connectivity index (χ1n) is 5.31. The first-order valence-corrected chi connectivity index (χ1v) is 5.31. The quantitative estimate of drug-likeness (QED) is 0.783. The van der Waals surface area contributed by atoms with Crippen LogP contribution in [0.2, 0.25) is 0 Å². The van der Waals surface area contributed by atoms with E-state index in [-0.39, 0.29) is 11.0 Å². The second-order valence-electron chi connectivity index (χ2n) is 4.11. The van der Waals surface area contributed by atoms with Crippen molar-refractivity contribution in [3.8, 4) is 0 Å². The molecule has 1 unspecified atom stereocenters. The van der Waals surface area contributed by atoms with Crippen molar-refractivity contribution in [2.45, 2.75) is 45.4 Å². The van der Waals surface area contributed by atoms with Crippen molar-refractivity contribution in [1.82, 2.24) is 4.98 Å². The van der Waals surface area contributed by atoms with Gasteiger partial charge in [0.1, 0.15) is 0 Å². The maximum atomic E-state index is 10.9. The Bertz CT molecular complexity index is 322. The zero-order chi connectivity index (χ0) is 10.6. The molecule has 0 aromatic carbocycles. The molecule has 0 aliphatic carbocycles. The van der Waals surface area contributed by atoms with Gasteiger partial charge in [0.05, 0.1) is 0 Å². The summed E-state index contributed by atoms with van der Waals surface area (Å²) in [6.45, 7) is 6.64. The Hall–Kier alpha value is -1.05. The van der Waals surface area contributed by atoms with Crippen LogP contribution in [0, 0.1) is 0 Å². The largest absolute Gasteiger partial charge is 0.329 e. The zero-order valence-electron chi connectivity index (χ0n) is 9.26. The maximum absolute atomic E-state index is 10.9. The molecule has 0 saturated heterocycles. The van der Waals surface area contributed by atoms with E-state index >= 15 is 0 Å². The van der Waals surface area contributed by atoms with Crippen molar-refractivity contribution in [1.29, 1.82) is 0 Å². The number of nitrogens with one attached hydrogen (secondary N) is 1. The molecular formula is C12H19NO. The van der Waals surface area contributed by atoms with Gasteiger partial charge in [-0.05, 0) is 23.8 Å². The van der Waals surface area contributed by atoms with E-state index in [4.69, 9.17) is 0 Å². The Morgan fingerprint density at radius 3 is 2.50 bits per heavy atom. The standard InChI is InChI=1S/C12H19NO/c1-4-8-12(3,5-2)10-6-7-11(14)13-9-10/h6-7,9H,4-5,8H2,1-3H3,(H,13,14). The van der Waals surface area contributed by atoms with Gasteiger partial charge >= 0.3 is 0 Å². The van der Waals surface area contributed by atoms with E-state index in [2.05, 4.69) is 25.8 Å². The summed E-state index contributed by atoms with van der Waals surface area (Å²) in [6, 6.07) is 3.55. The summed E-state index contributed by atoms with van der Waals surface area (Å²) in [5, 5.41) is 0. The van der Waals surface area contributed by atoms with Crippen LogP contribution in [0.5, 0.6) is 0 Å². The molecule has 1 aromatic rings. The van der Waals surface area contributed by atoms with Gasteiger partial charge in [-0.15, -0.1) is 0 Å². The van der Waals surface area contributed by atoms with Crippen LogP contribution < -0.4 is 5.56 Å². The molecule has 0 bridgehead atoms. The number of aromatic amines is 1.